The number of amides is 3. The van der Waals surface area contributed by atoms with Gasteiger partial charge in [0.05, 0.1) is 4.90 Å². The predicted molar refractivity (Wildman–Crippen MR) is 114 cm³/mol. The summed E-state index contributed by atoms with van der Waals surface area (Å²) in [6.45, 7) is 1.15. The van der Waals surface area contributed by atoms with Gasteiger partial charge in [0, 0.05) is 43.2 Å². The number of urea groups is 1. The smallest absolute Gasteiger partial charge is 0.322 e. The largest absolute Gasteiger partial charge is 0.337 e. The minimum absolute atomic E-state index is 0.0611. The molecule has 1 fully saturated rings. The zero-order chi connectivity index (χ0) is 23.0. The van der Waals surface area contributed by atoms with E-state index in [0.717, 1.165) is 24.0 Å². The molecule has 32 heavy (non-hydrogen) atoms. The van der Waals surface area contributed by atoms with E-state index < -0.39 is 27.4 Å². The number of nitrogens with zero attached hydrogens (tertiary/aromatic N) is 2. The number of carbonyl (C=O) groups is 2. The van der Waals surface area contributed by atoms with Crippen LogP contribution >= 0.6 is 0 Å². The Labute approximate surface area is 184 Å². The summed E-state index contributed by atoms with van der Waals surface area (Å²) in [4.78, 5) is 28.9. The number of piperidine rings is 1. The fraction of sp³-hybridized carbons (Fsp3) is 0.364. The first-order chi connectivity index (χ1) is 15.1. The molecule has 0 aliphatic carbocycles. The van der Waals surface area contributed by atoms with E-state index in [2.05, 4.69) is 5.32 Å². The summed E-state index contributed by atoms with van der Waals surface area (Å²) in [6, 6.07) is 7.17. The Hall–Kier alpha value is -3.01. The highest BCUT2D eigenvalue weighted by atomic mass is 32.2. The fourth-order valence-electron chi connectivity index (χ4n) is 4.16. The molecule has 0 saturated carbocycles. The van der Waals surface area contributed by atoms with Crippen molar-refractivity contribution in [2.45, 2.75) is 30.2 Å². The molecule has 4 rings (SSSR count). The van der Waals surface area contributed by atoms with Gasteiger partial charge < -0.3 is 10.2 Å². The number of halogens is 2. The summed E-state index contributed by atoms with van der Waals surface area (Å²) in [7, 11) is -3.33. The third-order valence-electron chi connectivity index (χ3n) is 5.82. The molecule has 0 bridgehead atoms. The van der Waals surface area contributed by atoms with E-state index in [1.54, 1.807) is 17.0 Å². The van der Waals surface area contributed by atoms with Crippen molar-refractivity contribution in [1.82, 2.24) is 10.2 Å². The molecule has 7 nitrogen and oxygen atoms in total. The highest BCUT2D eigenvalue weighted by Crippen LogP contribution is 2.30. The van der Waals surface area contributed by atoms with Crippen molar-refractivity contribution >= 4 is 27.5 Å². The van der Waals surface area contributed by atoms with Crippen molar-refractivity contribution < 1.29 is 26.8 Å². The number of sulfone groups is 1. The molecule has 0 radical (unpaired) electrons. The Morgan fingerprint density at radius 1 is 1.06 bits per heavy atom. The van der Waals surface area contributed by atoms with Gasteiger partial charge in [-0.05, 0) is 61.2 Å². The van der Waals surface area contributed by atoms with Gasteiger partial charge >= 0.3 is 6.03 Å². The van der Waals surface area contributed by atoms with E-state index >= 15 is 0 Å². The molecule has 0 spiro atoms. The van der Waals surface area contributed by atoms with Crippen molar-refractivity contribution in [3.63, 3.8) is 0 Å². The molecule has 1 saturated heterocycles. The maximum Gasteiger partial charge on any atom is 0.322 e. The molecule has 2 heterocycles. The van der Waals surface area contributed by atoms with E-state index in [1.807, 2.05) is 0 Å². The Balaban J connectivity index is 1.42. The summed E-state index contributed by atoms with van der Waals surface area (Å²) in [6.07, 6.45) is 3.04. The minimum atomic E-state index is -3.33. The summed E-state index contributed by atoms with van der Waals surface area (Å²) < 4.78 is 50.2. The average Bonchev–Trinajstić information content (AvgIpc) is 3.18. The lowest BCUT2D eigenvalue weighted by atomic mass is 10.0. The van der Waals surface area contributed by atoms with Crippen LogP contribution in [0.15, 0.2) is 41.3 Å². The van der Waals surface area contributed by atoms with Gasteiger partial charge in [-0.2, -0.15) is 0 Å². The second-order valence-electron chi connectivity index (χ2n) is 8.13. The van der Waals surface area contributed by atoms with E-state index in [0.29, 0.717) is 38.0 Å². The number of hydrogen-bond donors (Lipinski definition) is 1. The molecule has 1 N–H and O–H groups in total. The quantitative estimate of drug-likeness (QED) is 0.759. The van der Waals surface area contributed by atoms with Crippen LogP contribution in [0.4, 0.5) is 19.3 Å². The molecule has 2 aromatic rings. The molecule has 0 aromatic heterocycles. The molecule has 2 aromatic carbocycles. The minimum Gasteiger partial charge on any atom is -0.337 e. The van der Waals surface area contributed by atoms with Gasteiger partial charge in [0.2, 0.25) is 0 Å². The Morgan fingerprint density at radius 2 is 1.84 bits per heavy atom. The molecular weight excluding hydrogens is 440 g/mol. The molecular formula is C22H23F2N3O4S. The van der Waals surface area contributed by atoms with Crippen LogP contribution in [-0.4, -0.2) is 57.2 Å². The van der Waals surface area contributed by atoms with Crippen LogP contribution in [0.3, 0.4) is 0 Å². The average molecular weight is 464 g/mol. The van der Waals surface area contributed by atoms with Crippen LogP contribution in [0.5, 0.6) is 0 Å². The fourth-order valence-corrected chi connectivity index (χ4v) is 4.83. The lowest BCUT2D eigenvalue weighted by Gasteiger charge is -2.34. The number of rotatable bonds is 3. The van der Waals surface area contributed by atoms with E-state index in [-0.39, 0.29) is 29.1 Å². The number of benzene rings is 2. The van der Waals surface area contributed by atoms with Crippen LogP contribution in [0, 0.1) is 11.6 Å². The summed E-state index contributed by atoms with van der Waals surface area (Å²) in [5.41, 5.74) is 1.52. The Kier molecular flexibility index (Phi) is 5.89. The summed E-state index contributed by atoms with van der Waals surface area (Å²) in [5, 5.41) is 2.94. The molecule has 10 heteroatoms. The molecule has 3 amide bonds. The monoisotopic (exact) mass is 463 g/mol. The second kappa shape index (κ2) is 8.50. The number of hydrogen-bond acceptors (Lipinski definition) is 4. The van der Waals surface area contributed by atoms with Gasteiger partial charge in [0.15, 0.2) is 21.5 Å². The van der Waals surface area contributed by atoms with Crippen LogP contribution in [0.1, 0.15) is 28.8 Å². The number of likely N-dealkylation sites (tertiary alicyclic amines) is 1. The van der Waals surface area contributed by atoms with Gasteiger partial charge in [-0.1, -0.05) is 0 Å². The summed E-state index contributed by atoms with van der Waals surface area (Å²) >= 11 is 0. The second-order valence-corrected chi connectivity index (χ2v) is 10.1. The van der Waals surface area contributed by atoms with Gasteiger partial charge in [0.25, 0.3) is 5.91 Å². The van der Waals surface area contributed by atoms with Gasteiger partial charge in [0.1, 0.15) is 0 Å². The normalized spacial score (nSPS) is 18.4. The van der Waals surface area contributed by atoms with E-state index in [9.17, 15) is 26.8 Å². The van der Waals surface area contributed by atoms with Gasteiger partial charge in [-0.3, -0.25) is 9.69 Å². The number of nitrogens with one attached hydrogen (secondary N) is 1. The third-order valence-corrected chi connectivity index (χ3v) is 6.93. The van der Waals surface area contributed by atoms with Gasteiger partial charge in [-0.15, -0.1) is 0 Å². The topological polar surface area (TPSA) is 86.8 Å². The van der Waals surface area contributed by atoms with Crippen molar-refractivity contribution in [2.75, 3.05) is 30.8 Å². The molecule has 2 aliphatic heterocycles. The predicted octanol–water partition coefficient (Wildman–Crippen LogP) is 2.75. The Morgan fingerprint density at radius 3 is 2.56 bits per heavy atom. The maximum atomic E-state index is 13.5. The van der Waals surface area contributed by atoms with Crippen LogP contribution in [-0.2, 0) is 16.3 Å². The van der Waals surface area contributed by atoms with Crippen molar-refractivity contribution in [3.8, 4) is 0 Å². The highest BCUT2D eigenvalue weighted by molar-refractivity contribution is 7.90. The molecule has 170 valence electrons. The lowest BCUT2D eigenvalue weighted by Crippen LogP contribution is -2.52. The number of fused-ring (bicyclic) bond motifs is 1. The van der Waals surface area contributed by atoms with E-state index in [1.165, 1.54) is 17.0 Å². The van der Waals surface area contributed by atoms with Crippen LogP contribution < -0.4 is 10.2 Å². The zero-order valence-corrected chi connectivity index (χ0v) is 18.3. The van der Waals surface area contributed by atoms with Crippen LogP contribution in [0.25, 0.3) is 0 Å². The zero-order valence-electron chi connectivity index (χ0n) is 17.5. The maximum absolute atomic E-state index is 13.5. The first kappa shape index (κ1) is 22.2. The van der Waals surface area contributed by atoms with E-state index in [4.69, 9.17) is 0 Å². The standard InChI is InChI=1S/C22H23F2N3O4S/c1-32(30,31)17-5-7-20-14(11-17)8-10-27(20)22(29)25-16-3-2-9-26(13-16)21(28)15-4-6-18(23)19(24)12-15/h4-7,11-12,16H,2-3,8-10,13H2,1H3,(H,25,29). The SMILES string of the molecule is CS(=O)(=O)c1ccc2c(c1)CCN2C(=O)NC1CCCN(C(=O)c2ccc(F)c(F)c2)C1. The number of anilines is 1. The summed E-state index contributed by atoms with van der Waals surface area (Å²) in [5.74, 6) is -2.51. The third kappa shape index (κ3) is 4.45. The first-order valence-electron chi connectivity index (χ1n) is 10.3. The van der Waals surface area contributed by atoms with Crippen molar-refractivity contribution in [3.05, 3.63) is 59.2 Å². The van der Waals surface area contributed by atoms with Crippen LogP contribution in [0.2, 0.25) is 0 Å². The highest BCUT2D eigenvalue weighted by Gasteiger charge is 2.30. The Bertz CT molecular complexity index is 1190. The molecule has 1 unspecified atom stereocenters. The van der Waals surface area contributed by atoms with Gasteiger partial charge in [-0.25, -0.2) is 22.0 Å². The molecule has 2 aliphatic rings. The van der Waals surface area contributed by atoms with Crippen molar-refractivity contribution in [1.29, 1.82) is 0 Å². The first-order valence-corrected chi connectivity index (χ1v) is 12.2. The van der Waals surface area contributed by atoms with Crippen molar-refractivity contribution in [2.24, 2.45) is 0 Å². The number of carbonyl (C=O) groups excluding carboxylic acids is 2. The molecule has 1 atom stereocenters. The lowest BCUT2D eigenvalue weighted by molar-refractivity contribution is 0.0697.